The molecule has 1 nitrogen and oxygen atoms in total. The van der Waals surface area contributed by atoms with Crippen molar-refractivity contribution in [2.45, 2.75) is 33.1 Å². The van der Waals surface area contributed by atoms with Crippen LogP contribution in [-0.2, 0) is 5.41 Å². The topological polar surface area (TPSA) is 20.2 Å². The Bertz CT molecular complexity index is 838. The van der Waals surface area contributed by atoms with Gasteiger partial charge in [0.1, 0.15) is 5.75 Å². The predicted octanol–water partition coefficient (Wildman–Crippen LogP) is 5.82. The van der Waals surface area contributed by atoms with Crippen molar-refractivity contribution in [3.8, 4) is 16.9 Å². The van der Waals surface area contributed by atoms with E-state index < -0.39 is 0 Å². The zero-order valence-corrected chi connectivity index (χ0v) is 13.6. The Morgan fingerprint density at radius 2 is 1.50 bits per heavy atom. The highest BCUT2D eigenvalue weighted by Crippen LogP contribution is 2.40. The van der Waals surface area contributed by atoms with Crippen LogP contribution in [0.15, 0.2) is 54.6 Å². The number of aryl methyl sites for hydroxylation is 1. The summed E-state index contributed by atoms with van der Waals surface area (Å²) in [6.45, 7) is 8.47. The monoisotopic (exact) mass is 290 g/mol. The summed E-state index contributed by atoms with van der Waals surface area (Å²) in [5.41, 5.74) is 4.06. The van der Waals surface area contributed by atoms with E-state index in [4.69, 9.17) is 0 Å². The number of fused-ring (bicyclic) bond motifs is 1. The molecule has 0 spiro atoms. The lowest BCUT2D eigenvalue weighted by molar-refractivity contribution is 0.448. The Morgan fingerprint density at radius 3 is 2.18 bits per heavy atom. The third-order valence-electron chi connectivity index (χ3n) is 4.12. The van der Waals surface area contributed by atoms with E-state index in [0.29, 0.717) is 5.75 Å². The van der Waals surface area contributed by atoms with Crippen molar-refractivity contribution in [3.63, 3.8) is 0 Å². The third-order valence-corrected chi connectivity index (χ3v) is 4.12. The summed E-state index contributed by atoms with van der Waals surface area (Å²) in [7, 11) is 0. The molecule has 0 radical (unpaired) electrons. The molecule has 112 valence electrons. The van der Waals surface area contributed by atoms with Crippen LogP contribution in [0.2, 0.25) is 0 Å². The van der Waals surface area contributed by atoms with Crippen LogP contribution in [0.5, 0.6) is 5.75 Å². The van der Waals surface area contributed by atoms with Crippen LogP contribution in [0.3, 0.4) is 0 Å². The highest BCUT2D eigenvalue weighted by Gasteiger charge is 2.21. The molecule has 3 aromatic rings. The largest absolute Gasteiger partial charge is 0.507 e. The minimum absolute atomic E-state index is 0.0816. The molecule has 1 N–H and O–H groups in total. The molecule has 0 heterocycles. The molecule has 0 bridgehead atoms. The van der Waals surface area contributed by atoms with E-state index in [1.165, 1.54) is 16.3 Å². The van der Waals surface area contributed by atoms with Gasteiger partial charge in [0, 0.05) is 11.1 Å². The van der Waals surface area contributed by atoms with Gasteiger partial charge in [0.2, 0.25) is 0 Å². The maximum Gasteiger partial charge on any atom is 0.127 e. The number of benzene rings is 3. The molecule has 0 amide bonds. The van der Waals surface area contributed by atoms with Crippen molar-refractivity contribution >= 4 is 10.8 Å². The Morgan fingerprint density at radius 1 is 0.818 bits per heavy atom. The summed E-state index contributed by atoms with van der Waals surface area (Å²) >= 11 is 0. The number of phenolic OH excluding ortho intramolecular Hbond substituents is 1. The summed E-state index contributed by atoms with van der Waals surface area (Å²) in [5.74, 6) is 0.397. The first-order valence-corrected chi connectivity index (χ1v) is 7.69. The average Bonchev–Trinajstić information content (AvgIpc) is 2.47. The second-order valence-electron chi connectivity index (χ2n) is 7.02. The fraction of sp³-hybridized carbons (Fsp3) is 0.238. The maximum absolute atomic E-state index is 10.8. The second-order valence-corrected chi connectivity index (χ2v) is 7.02. The van der Waals surface area contributed by atoms with Crippen LogP contribution < -0.4 is 0 Å². The van der Waals surface area contributed by atoms with Gasteiger partial charge in [0.05, 0.1) is 0 Å². The van der Waals surface area contributed by atoms with Gasteiger partial charge in [0.15, 0.2) is 0 Å². The Balaban J connectivity index is 2.24. The normalized spacial score (nSPS) is 11.8. The smallest absolute Gasteiger partial charge is 0.127 e. The first-order chi connectivity index (χ1) is 10.4. The van der Waals surface area contributed by atoms with Gasteiger partial charge in [-0.05, 0) is 46.4 Å². The molecule has 1 heteroatoms. The predicted molar refractivity (Wildman–Crippen MR) is 94.5 cm³/mol. The Kier molecular flexibility index (Phi) is 3.44. The highest BCUT2D eigenvalue weighted by atomic mass is 16.3. The molecule has 3 aromatic carbocycles. The van der Waals surface area contributed by atoms with E-state index in [1.807, 2.05) is 12.1 Å². The molecule has 22 heavy (non-hydrogen) atoms. The first-order valence-electron chi connectivity index (χ1n) is 7.69. The van der Waals surface area contributed by atoms with Crippen LogP contribution in [0, 0.1) is 6.92 Å². The molecule has 0 saturated carbocycles. The fourth-order valence-electron chi connectivity index (χ4n) is 2.93. The van der Waals surface area contributed by atoms with Crippen molar-refractivity contribution in [1.82, 2.24) is 0 Å². The van der Waals surface area contributed by atoms with E-state index in [2.05, 4.69) is 70.2 Å². The molecule has 0 aliphatic carbocycles. The minimum Gasteiger partial charge on any atom is -0.507 e. The van der Waals surface area contributed by atoms with E-state index in [9.17, 15) is 5.11 Å². The van der Waals surface area contributed by atoms with Gasteiger partial charge < -0.3 is 5.11 Å². The highest BCUT2D eigenvalue weighted by molar-refractivity contribution is 5.88. The maximum atomic E-state index is 10.8. The third kappa shape index (κ3) is 2.59. The summed E-state index contributed by atoms with van der Waals surface area (Å²) < 4.78 is 0. The van der Waals surface area contributed by atoms with Gasteiger partial charge in [-0.1, -0.05) is 63.2 Å². The van der Waals surface area contributed by atoms with Gasteiger partial charge in [-0.3, -0.25) is 0 Å². The molecule has 0 saturated heterocycles. The molecule has 0 unspecified atom stereocenters. The number of rotatable bonds is 1. The van der Waals surface area contributed by atoms with Crippen molar-refractivity contribution in [2.75, 3.05) is 0 Å². The molecule has 0 atom stereocenters. The van der Waals surface area contributed by atoms with Gasteiger partial charge in [0.25, 0.3) is 0 Å². The first kappa shape index (κ1) is 14.6. The van der Waals surface area contributed by atoms with Crippen molar-refractivity contribution in [3.05, 3.63) is 65.7 Å². The SMILES string of the molecule is Cc1cc(-c2ccc3ccccc3c2)c(O)c(C(C)(C)C)c1. The molecule has 0 aliphatic rings. The summed E-state index contributed by atoms with van der Waals surface area (Å²) in [6.07, 6.45) is 0. The van der Waals surface area contributed by atoms with E-state index in [-0.39, 0.29) is 5.41 Å². The van der Waals surface area contributed by atoms with Gasteiger partial charge in [-0.15, -0.1) is 0 Å². The average molecular weight is 290 g/mol. The van der Waals surface area contributed by atoms with Gasteiger partial charge >= 0.3 is 0 Å². The van der Waals surface area contributed by atoms with Gasteiger partial charge in [-0.25, -0.2) is 0 Å². The van der Waals surface area contributed by atoms with E-state index in [0.717, 1.165) is 16.7 Å². The molecule has 3 rings (SSSR count). The fourth-order valence-corrected chi connectivity index (χ4v) is 2.93. The zero-order chi connectivity index (χ0) is 15.9. The van der Waals surface area contributed by atoms with Crippen LogP contribution in [-0.4, -0.2) is 5.11 Å². The number of aromatic hydroxyl groups is 1. The molecular formula is C21H22O. The van der Waals surface area contributed by atoms with E-state index >= 15 is 0 Å². The minimum atomic E-state index is -0.0816. The van der Waals surface area contributed by atoms with Crippen LogP contribution in [0.4, 0.5) is 0 Å². The Labute approximate surface area is 132 Å². The van der Waals surface area contributed by atoms with Crippen LogP contribution >= 0.6 is 0 Å². The van der Waals surface area contributed by atoms with Crippen molar-refractivity contribution in [1.29, 1.82) is 0 Å². The summed E-state index contributed by atoms with van der Waals surface area (Å²) in [6, 6.07) is 18.8. The second kappa shape index (κ2) is 5.17. The quantitative estimate of drug-likeness (QED) is 0.599. The lowest BCUT2D eigenvalue weighted by atomic mass is 9.83. The summed E-state index contributed by atoms with van der Waals surface area (Å²) in [4.78, 5) is 0. The lowest BCUT2D eigenvalue weighted by Gasteiger charge is -2.23. The molecular weight excluding hydrogens is 268 g/mol. The number of hydrogen-bond donors (Lipinski definition) is 1. The Hall–Kier alpha value is -2.28. The van der Waals surface area contributed by atoms with Crippen LogP contribution in [0.1, 0.15) is 31.9 Å². The van der Waals surface area contributed by atoms with E-state index in [1.54, 1.807) is 0 Å². The lowest BCUT2D eigenvalue weighted by Crippen LogP contribution is -2.12. The standard InChI is InChI=1S/C21H22O/c1-14-11-18(20(22)19(12-14)21(2,3)4)17-10-9-15-7-5-6-8-16(15)13-17/h5-13,22H,1-4H3. The molecule has 0 fully saturated rings. The molecule has 0 aromatic heterocycles. The van der Waals surface area contributed by atoms with Crippen molar-refractivity contribution in [2.24, 2.45) is 0 Å². The zero-order valence-electron chi connectivity index (χ0n) is 13.6. The van der Waals surface area contributed by atoms with Crippen LogP contribution in [0.25, 0.3) is 21.9 Å². The van der Waals surface area contributed by atoms with Crippen molar-refractivity contribution < 1.29 is 5.11 Å². The number of phenols is 1. The van der Waals surface area contributed by atoms with Gasteiger partial charge in [-0.2, -0.15) is 0 Å². The molecule has 0 aliphatic heterocycles. The number of hydrogen-bond acceptors (Lipinski definition) is 1. The summed E-state index contributed by atoms with van der Waals surface area (Å²) in [5, 5.41) is 13.2.